The van der Waals surface area contributed by atoms with E-state index in [1.165, 1.54) is 6.92 Å². The monoisotopic (exact) mass is 303 g/mol. The fraction of sp³-hybridized carbons (Fsp3) is 0.636. The molecule has 0 spiro atoms. The van der Waals surface area contributed by atoms with Crippen molar-refractivity contribution >= 4 is 21.8 Å². The molecular weight excluding hydrogens is 286 g/mol. The molecule has 1 aromatic heterocycles. The molecule has 20 heavy (non-hydrogen) atoms. The minimum atomic E-state index is -4.09. The number of carboxylic acids is 1. The van der Waals surface area contributed by atoms with Crippen LogP contribution in [0.4, 0.5) is 5.82 Å². The molecule has 1 aliphatic heterocycles. The molecule has 1 aliphatic rings. The summed E-state index contributed by atoms with van der Waals surface area (Å²) in [6.07, 6.45) is 0.708. The van der Waals surface area contributed by atoms with Crippen molar-refractivity contribution in [2.24, 2.45) is 0 Å². The van der Waals surface area contributed by atoms with Gasteiger partial charge in [0.1, 0.15) is 6.04 Å². The quantitative estimate of drug-likeness (QED) is 0.836. The maximum atomic E-state index is 12.8. The maximum Gasteiger partial charge on any atom is 0.322 e. The molecule has 3 N–H and O–H groups in total. The summed E-state index contributed by atoms with van der Waals surface area (Å²) in [7, 11) is -4.09. The van der Waals surface area contributed by atoms with Gasteiger partial charge in [-0.2, -0.15) is 4.31 Å². The average Bonchev–Trinajstić information content (AvgIpc) is 2.79. The third kappa shape index (κ3) is 2.06. The van der Waals surface area contributed by atoms with Gasteiger partial charge >= 0.3 is 5.97 Å². The molecule has 0 radical (unpaired) electrons. The van der Waals surface area contributed by atoms with Gasteiger partial charge in [0, 0.05) is 5.54 Å². The van der Waals surface area contributed by atoms with Gasteiger partial charge in [0.25, 0.3) is 10.0 Å². The molecular formula is C11H17N3O5S. The lowest BCUT2D eigenvalue weighted by molar-refractivity contribution is -0.141. The molecule has 1 unspecified atom stereocenters. The van der Waals surface area contributed by atoms with Crippen LogP contribution in [0.1, 0.15) is 32.4 Å². The molecule has 1 fully saturated rings. The van der Waals surface area contributed by atoms with Gasteiger partial charge in [0.15, 0.2) is 16.5 Å². The van der Waals surface area contributed by atoms with Crippen LogP contribution in [0.15, 0.2) is 9.42 Å². The average molecular weight is 303 g/mol. The van der Waals surface area contributed by atoms with Gasteiger partial charge < -0.3 is 15.4 Å². The largest absolute Gasteiger partial charge is 0.480 e. The number of nitrogens with two attached hydrogens (primary N) is 1. The van der Waals surface area contributed by atoms with Crippen molar-refractivity contribution in [2.75, 3.05) is 5.73 Å². The number of hydrogen-bond acceptors (Lipinski definition) is 6. The van der Waals surface area contributed by atoms with Crippen molar-refractivity contribution in [3.8, 4) is 0 Å². The number of anilines is 1. The normalized spacial score (nSPS) is 23.1. The van der Waals surface area contributed by atoms with E-state index in [0.29, 0.717) is 6.42 Å². The summed E-state index contributed by atoms with van der Waals surface area (Å²) in [5.74, 6) is -1.38. The van der Waals surface area contributed by atoms with Gasteiger partial charge in [0.05, 0.1) is 0 Å². The summed E-state index contributed by atoms with van der Waals surface area (Å²) in [6.45, 7) is 4.80. The lowest BCUT2D eigenvalue weighted by Crippen LogP contribution is -2.49. The number of nitrogens with zero attached hydrogens (tertiary/aromatic N) is 2. The Morgan fingerprint density at radius 2 is 2.15 bits per heavy atom. The van der Waals surface area contributed by atoms with Crippen molar-refractivity contribution < 1.29 is 22.8 Å². The fourth-order valence-corrected chi connectivity index (χ4v) is 4.82. The lowest BCUT2D eigenvalue weighted by Gasteiger charge is -2.32. The maximum absolute atomic E-state index is 12.8. The molecule has 1 aromatic rings. The van der Waals surface area contributed by atoms with Crippen LogP contribution in [-0.4, -0.2) is 40.5 Å². The van der Waals surface area contributed by atoms with Gasteiger partial charge in [-0.1, -0.05) is 5.16 Å². The van der Waals surface area contributed by atoms with E-state index < -0.39 is 27.6 Å². The van der Waals surface area contributed by atoms with E-state index >= 15 is 0 Å². The highest BCUT2D eigenvalue weighted by molar-refractivity contribution is 7.89. The summed E-state index contributed by atoms with van der Waals surface area (Å²) in [5, 5.41) is 12.7. The van der Waals surface area contributed by atoms with Crippen LogP contribution in [0.25, 0.3) is 0 Å². The standard InChI is InChI=1S/C11H17N3O5S/c1-6-8(9(12)13-19-6)20(17,18)14-7(10(15)16)4-5-11(14,2)3/h7H,4-5H2,1-3H3,(H2,12,13)(H,15,16). The fourth-order valence-electron chi connectivity index (χ4n) is 2.65. The topological polar surface area (TPSA) is 127 Å². The van der Waals surface area contributed by atoms with Gasteiger partial charge in [-0.25, -0.2) is 8.42 Å². The molecule has 0 saturated carbocycles. The third-order valence-corrected chi connectivity index (χ3v) is 5.82. The second-order valence-corrected chi connectivity index (χ2v) is 7.21. The number of sulfonamides is 1. The van der Waals surface area contributed by atoms with Crippen LogP contribution in [-0.2, 0) is 14.8 Å². The number of aliphatic carboxylic acids is 1. The van der Waals surface area contributed by atoms with Crippen molar-refractivity contribution in [3.05, 3.63) is 5.76 Å². The number of carbonyl (C=O) groups is 1. The van der Waals surface area contributed by atoms with Crippen LogP contribution in [0, 0.1) is 6.92 Å². The van der Waals surface area contributed by atoms with E-state index in [4.69, 9.17) is 10.3 Å². The number of carboxylic acid groups (broad SMARTS) is 1. The first-order valence-corrected chi connectivity index (χ1v) is 7.52. The molecule has 1 atom stereocenters. The van der Waals surface area contributed by atoms with Gasteiger partial charge in [-0.15, -0.1) is 0 Å². The third-order valence-electron chi connectivity index (χ3n) is 3.54. The summed E-state index contributed by atoms with van der Waals surface area (Å²) in [4.78, 5) is 11.1. The predicted molar refractivity (Wildman–Crippen MR) is 69.4 cm³/mol. The van der Waals surface area contributed by atoms with Crippen molar-refractivity contribution in [2.45, 2.75) is 50.1 Å². The summed E-state index contributed by atoms with van der Waals surface area (Å²) in [5.41, 5.74) is 4.74. The van der Waals surface area contributed by atoms with Crippen LogP contribution in [0.2, 0.25) is 0 Å². The van der Waals surface area contributed by atoms with Crippen LogP contribution >= 0.6 is 0 Å². The predicted octanol–water partition coefficient (Wildman–Crippen LogP) is 0.582. The number of rotatable bonds is 3. The van der Waals surface area contributed by atoms with Crippen LogP contribution in [0.3, 0.4) is 0 Å². The van der Waals surface area contributed by atoms with Gasteiger partial charge in [0.2, 0.25) is 0 Å². The Morgan fingerprint density at radius 1 is 1.55 bits per heavy atom. The molecule has 9 heteroatoms. The number of nitrogen functional groups attached to an aromatic ring is 1. The molecule has 8 nitrogen and oxygen atoms in total. The molecule has 0 aliphatic carbocycles. The summed E-state index contributed by atoms with van der Waals surface area (Å²) < 4.78 is 31.3. The highest BCUT2D eigenvalue weighted by Gasteiger charge is 2.51. The number of aromatic nitrogens is 1. The first kappa shape index (κ1) is 14.8. The molecule has 2 rings (SSSR count). The number of aryl methyl sites for hydroxylation is 1. The second-order valence-electron chi connectivity index (χ2n) is 5.46. The Bertz CT molecular complexity index is 630. The smallest absolute Gasteiger partial charge is 0.322 e. The Balaban J connectivity index is 2.60. The Labute approximate surface area is 116 Å². The van der Waals surface area contributed by atoms with E-state index in [-0.39, 0.29) is 22.9 Å². The minimum absolute atomic E-state index is 0.0503. The zero-order chi connectivity index (χ0) is 15.3. The molecule has 1 saturated heterocycles. The van der Waals surface area contributed by atoms with E-state index in [1.54, 1.807) is 13.8 Å². The van der Waals surface area contributed by atoms with E-state index in [2.05, 4.69) is 5.16 Å². The van der Waals surface area contributed by atoms with Crippen molar-refractivity contribution in [3.63, 3.8) is 0 Å². The van der Waals surface area contributed by atoms with Crippen LogP contribution in [0.5, 0.6) is 0 Å². The Hall–Kier alpha value is -1.61. The first-order chi connectivity index (χ1) is 9.09. The van der Waals surface area contributed by atoms with E-state index in [1.807, 2.05) is 0 Å². The van der Waals surface area contributed by atoms with Crippen LogP contribution < -0.4 is 5.73 Å². The molecule has 0 amide bonds. The van der Waals surface area contributed by atoms with E-state index in [9.17, 15) is 18.3 Å². The first-order valence-electron chi connectivity index (χ1n) is 6.08. The zero-order valence-electron chi connectivity index (χ0n) is 11.5. The van der Waals surface area contributed by atoms with Gasteiger partial charge in [-0.3, -0.25) is 4.79 Å². The number of hydrogen-bond donors (Lipinski definition) is 2. The van der Waals surface area contributed by atoms with Gasteiger partial charge in [-0.05, 0) is 33.6 Å². The Morgan fingerprint density at radius 3 is 2.60 bits per heavy atom. The molecule has 0 aromatic carbocycles. The summed E-state index contributed by atoms with van der Waals surface area (Å²) >= 11 is 0. The van der Waals surface area contributed by atoms with Crippen molar-refractivity contribution in [1.82, 2.24) is 9.46 Å². The second kappa shape index (κ2) is 4.45. The Kier molecular flexibility index (Phi) is 3.29. The minimum Gasteiger partial charge on any atom is -0.480 e. The molecule has 112 valence electrons. The zero-order valence-corrected chi connectivity index (χ0v) is 12.3. The highest BCUT2D eigenvalue weighted by atomic mass is 32.2. The SMILES string of the molecule is Cc1onc(N)c1S(=O)(=O)N1C(C(=O)O)CCC1(C)C. The lowest BCUT2D eigenvalue weighted by atomic mass is 10.0. The highest BCUT2D eigenvalue weighted by Crippen LogP contribution is 2.40. The molecule has 0 bridgehead atoms. The van der Waals surface area contributed by atoms with Crippen molar-refractivity contribution in [1.29, 1.82) is 0 Å². The van der Waals surface area contributed by atoms with E-state index in [0.717, 1.165) is 4.31 Å². The summed E-state index contributed by atoms with van der Waals surface area (Å²) in [6, 6.07) is -1.11. The molecule has 2 heterocycles.